The fraction of sp³-hybridized carbons (Fsp3) is 1.00. The van der Waals surface area contributed by atoms with Crippen LogP contribution in [0.2, 0.25) is 0 Å². The van der Waals surface area contributed by atoms with Crippen molar-refractivity contribution in [1.82, 2.24) is 15.5 Å². The molecule has 20 heavy (non-hydrogen) atoms. The lowest BCUT2D eigenvalue weighted by Gasteiger charge is -2.36. The van der Waals surface area contributed by atoms with E-state index in [1.54, 1.807) is 0 Å². The van der Waals surface area contributed by atoms with Crippen LogP contribution < -0.4 is 10.6 Å². The maximum absolute atomic E-state index is 12.1. The molecule has 0 bridgehead atoms. The van der Waals surface area contributed by atoms with Gasteiger partial charge in [0.05, 0.1) is 6.54 Å². The molecule has 0 unspecified atom stereocenters. The number of piperazine rings is 1. The summed E-state index contributed by atoms with van der Waals surface area (Å²) in [5.41, 5.74) is 0. The van der Waals surface area contributed by atoms with E-state index in [0.717, 1.165) is 12.6 Å². The zero-order valence-electron chi connectivity index (χ0n) is 12.5. The van der Waals surface area contributed by atoms with Crippen LogP contribution in [0.3, 0.4) is 0 Å². The second-order valence-electron chi connectivity index (χ2n) is 6.21. The Morgan fingerprint density at radius 1 is 0.850 bits per heavy atom. The van der Waals surface area contributed by atoms with E-state index in [-0.39, 0.29) is 13.0 Å². The molecule has 0 amide bonds. The molecule has 5 heteroatoms. The Morgan fingerprint density at radius 3 is 2.05 bits per heavy atom. The molecule has 2 N–H and O–H groups in total. The fourth-order valence-electron chi connectivity index (χ4n) is 3.33. The van der Waals surface area contributed by atoms with E-state index in [2.05, 4.69) is 15.5 Å². The van der Waals surface area contributed by atoms with Crippen LogP contribution in [0.15, 0.2) is 0 Å². The first kappa shape index (κ1) is 16.1. The maximum atomic E-state index is 12.1. The summed E-state index contributed by atoms with van der Waals surface area (Å²) in [6.07, 6.45) is 7.98. The highest BCUT2D eigenvalue weighted by Gasteiger charge is 2.30. The van der Waals surface area contributed by atoms with Crippen molar-refractivity contribution in [2.24, 2.45) is 0 Å². The normalized spacial score (nSPS) is 28.5. The Bertz CT molecular complexity index is 238. The molecule has 0 spiro atoms. The standard InChI is InChI=1S/C10H20N2.C5H9F2N/c1-2-4-10(5-3-1)12-8-6-11-7-9-12;6-5(7)2-1-3-8-4-5/h10-11H,1-9H2;8H,1-4H2. The van der Waals surface area contributed by atoms with E-state index in [0.29, 0.717) is 6.42 Å². The first-order valence-corrected chi connectivity index (χ1v) is 8.21. The summed E-state index contributed by atoms with van der Waals surface area (Å²) in [4.78, 5) is 2.69. The lowest BCUT2D eigenvalue weighted by molar-refractivity contribution is -0.0208. The van der Waals surface area contributed by atoms with Crippen LogP contribution in [0.4, 0.5) is 8.78 Å². The summed E-state index contributed by atoms with van der Waals surface area (Å²) in [5, 5.41) is 6.04. The Kier molecular flexibility index (Phi) is 6.65. The molecule has 2 aliphatic heterocycles. The minimum atomic E-state index is -2.43. The zero-order valence-corrected chi connectivity index (χ0v) is 12.5. The first-order valence-electron chi connectivity index (χ1n) is 8.21. The van der Waals surface area contributed by atoms with Crippen molar-refractivity contribution in [2.45, 2.75) is 56.9 Å². The van der Waals surface area contributed by atoms with E-state index >= 15 is 0 Å². The highest BCUT2D eigenvalue weighted by Crippen LogP contribution is 2.22. The fourth-order valence-corrected chi connectivity index (χ4v) is 3.33. The van der Waals surface area contributed by atoms with E-state index in [9.17, 15) is 8.78 Å². The van der Waals surface area contributed by atoms with Crippen molar-refractivity contribution in [3.8, 4) is 0 Å². The molecule has 0 aromatic heterocycles. The van der Waals surface area contributed by atoms with Gasteiger partial charge < -0.3 is 10.6 Å². The van der Waals surface area contributed by atoms with E-state index in [4.69, 9.17) is 0 Å². The minimum absolute atomic E-state index is 0.0556. The van der Waals surface area contributed by atoms with E-state index in [1.165, 1.54) is 58.3 Å². The van der Waals surface area contributed by atoms with Gasteiger partial charge in [-0.25, -0.2) is 8.78 Å². The van der Waals surface area contributed by atoms with Crippen LogP contribution in [0.1, 0.15) is 44.9 Å². The van der Waals surface area contributed by atoms with E-state index < -0.39 is 5.92 Å². The predicted octanol–water partition coefficient (Wildman–Crippen LogP) is 2.23. The molecule has 2 saturated heterocycles. The van der Waals surface area contributed by atoms with Crippen molar-refractivity contribution >= 4 is 0 Å². The second kappa shape index (κ2) is 8.25. The van der Waals surface area contributed by atoms with Gasteiger partial charge in [-0.2, -0.15) is 0 Å². The molecular weight excluding hydrogens is 260 g/mol. The monoisotopic (exact) mass is 289 g/mol. The van der Waals surface area contributed by atoms with Crippen LogP contribution in [0.5, 0.6) is 0 Å². The summed E-state index contributed by atoms with van der Waals surface area (Å²) < 4.78 is 24.3. The van der Waals surface area contributed by atoms with Gasteiger partial charge in [-0.1, -0.05) is 19.3 Å². The Balaban J connectivity index is 0.000000160. The summed E-state index contributed by atoms with van der Waals surface area (Å²) in [6, 6.07) is 0.931. The number of hydrogen-bond acceptors (Lipinski definition) is 3. The number of nitrogens with zero attached hydrogens (tertiary/aromatic N) is 1. The van der Waals surface area contributed by atoms with Crippen LogP contribution in [0.25, 0.3) is 0 Å². The summed E-state index contributed by atoms with van der Waals surface area (Å²) in [5.74, 6) is -2.43. The lowest BCUT2D eigenvalue weighted by Crippen LogP contribution is -2.48. The van der Waals surface area contributed by atoms with Crippen molar-refractivity contribution in [2.75, 3.05) is 39.3 Å². The van der Waals surface area contributed by atoms with Gasteiger partial charge >= 0.3 is 0 Å². The molecule has 0 aromatic carbocycles. The van der Waals surface area contributed by atoms with Gasteiger partial charge in [0, 0.05) is 38.6 Å². The Labute approximate surface area is 121 Å². The molecule has 0 radical (unpaired) electrons. The predicted molar refractivity (Wildman–Crippen MR) is 78.4 cm³/mol. The minimum Gasteiger partial charge on any atom is -0.314 e. The molecule has 3 rings (SSSR count). The summed E-state index contributed by atoms with van der Waals surface area (Å²) >= 11 is 0. The largest absolute Gasteiger partial charge is 0.314 e. The maximum Gasteiger partial charge on any atom is 0.260 e. The quantitative estimate of drug-likeness (QED) is 0.775. The number of halogens is 2. The molecule has 0 atom stereocenters. The third-order valence-electron chi connectivity index (χ3n) is 4.52. The van der Waals surface area contributed by atoms with Gasteiger partial charge in [0.1, 0.15) is 0 Å². The Morgan fingerprint density at radius 2 is 1.55 bits per heavy atom. The number of rotatable bonds is 1. The molecule has 1 saturated carbocycles. The average molecular weight is 289 g/mol. The zero-order chi connectivity index (χ0) is 14.3. The molecule has 0 aromatic rings. The van der Waals surface area contributed by atoms with Crippen molar-refractivity contribution in [3.63, 3.8) is 0 Å². The number of nitrogens with one attached hydrogen (secondary N) is 2. The van der Waals surface area contributed by atoms with Crippen molar-refractivity contribution in [3.05, 3.63) is 0 Å². The van der Waals surface area contributed by atoms with Gasteiger partial charge in [-0.3, -0.25) is 4.90 Å². The first-order chi connectivity index (χ1) is 9.67. The summed E-state index contributed by atoms with van der Waals surface area (Å²) in [6.45, 7) is 5.59. The van der Waals surface area contributed by atoms with Crippen molar-refractivity contribution in [1.29, 1.82) is 0 Å². The van der Waals surface area contributed by atoms with Crippen molar-refractivity contribution < 1.29 is 8.78 Å². The third-order valence-corrected chi connectivity index (χ3v) is 4.52. The molecule has 118 valence electrons. The molecule has 2 heterocycles. The molecule has 1 aliphatic carbocycles. The highest BCUT2D eigenvalue weighted by molar-refractivity contribution is 4.79. The van der Waals surface area contributed by atoms with Crippen LogP contribution in [-0.2, 0) is 0 Å². The van der Waals surface area contributed by atoms with Gasteiger partial charge in [0.2, 0.25) is 0 Å². The average Bonchev–Trinajstić information content (AvgIpc) is 2.49. The van der Waals surface area contributed by atoms with Crippen LogP contribution in [0, 0.1) is 0 Å². The second-order valence-corrected chi connectivity index (χ2v) is 6.21. The third kappa shape index (κ3) is 5.62. The lowest BCUT2D eigenvalue weighted by atomic mass is 9.94. The number of piperidine rings is 1. The molecule has 3 aliphatic rings. The topological polar surface area (TPSA) is 27.3 Å². The number of hydrogen-bond donors (Lipinski definition) is 2. The van der Waals surface area contributed by atoms with Crippen LogP contribution >= 0.6 is 0 Å². The SMILES string of the molecule is C1CCC(N2CCNCC2)CC1.FC1(F)CCCNC1. The molecule has 3 fully saturated rings. The highest BCUT2D eigenvalue weighted by atomic mass is 19.3. The summed E-state index contributed by atoms with van der Waals surface area (Å²) in [7, 11) is 0. The van der Waals surface area contributed by atoms with Gasteiger partial charge in [0.25, 0.3) is 5.92 Å². The molecule has 3 nitrogen and oxygen atoms in total. The van der Waals surface area contributed by atoms with Gasteiger partial charge in [-0.05, 0) is 25.8 Å². The smallest absolute Gasteiger partial charge is 0.260 e. The molecular formula is C15H29F2N3. The Hall–Kier alpha value is -0.260. The van der Waals surface area contributed by atoms with Crippen LogP contribution in [-0.4, -0.2) is 56.1 Å². The van der Waals surface area contributed by atoms with Gasteiger partial charge in [-0.15, -0.1) is 0 Å². The van der Waals surface area contributed by atoms with E-state index in [1.807, 2.05) is 0 Å². The number of alkyl halides is 2. The van der Waals surface area contributed by atoms with Gasteiger partial charge in [0.15, 0.2) is 0 Å².